The maximum atomic E-state index is 13.9. The third-order valence-electron chi connectivity index (χ3n) is 6.85. The molecule has 6 rings (SSSR count). The largest absolute Gasteiger partial charge is 0.490 e. The number of aryl methyl sites for hydroxylation is 1. The van der Waals surface area contributed by atoms with Gasteiger partial charge in [0.1, 0.15) is 12.4 Å². The van der Waals surface area contributed by atoms with Crippen molar-refractivity contribution >= 4 is 34.9 Å². The molecule has 0 amide bonds. The zero-order valence-corrected chi connectivity index (χ0v) is 22.1. The average Bonchev–Trinajstić information content (AvgIpc) is 3.25. The molecule has 1 aromatic heterocycles. The quantitative estimate of drug-likeness (QED) is 0.244. The van der Waals surface area contributed by atoms with Gasteiger partial charge in [0.15, 0.2) is 4.80 Å². The topological polar surface area (TPSA) is 43.6 Å². The number of rotatable bonds is 6. The lowest BCUT2D eigenvalue weighted by Gasteiger charge is -2.30. The van der Waals surface area contributed by atoms with Gasteiger partial charge < -0.3 is 4.74 Å². The molecule has 184 valence electrons. The van der Waals surface area contributed by atoms with Crippen LogP contribution in [0, 0.1) is 0 Å². The van der Waals surface area contributed by atoms with E-state index in [2.05, 4.69) is 61.4 Å². The molecular weight excluding hydrogens is 496 g/mol. The second-order valence-electron chi connectivity index (χ2n) is 9.06. The monoisotopic (exact) mass is 522 g/mol. The first-order valence-electron chi connectivity index (χ1n) is 12.3. The molecule has 1 aliphatic carbocycles. The van der Waals surface area contributed by atoms with Crippen molar-refractivity contribution in [3.8, 4) is 5.75 Å². The van der Waals surface area contributed by atoms with Crippen molar-refractivity contribution < 1.29 is 4.74 Å². The second kappa shape index (κ2) is 10.0. The van der Waals surface area contributed by atoms with E-state index >= 15 is 0 Å². The first kappa shape index (κ1) is 23.8. The van der Waals surface area contributed by atoms with Crippen LogP contribution < -0.4 is 19.6 Å². The van der Waals surface area contributed by atoms with E-state index in [0.717, 1.165) is 40.2 Å². The highest BCUT2D eigenvalue weighted by Crippen LogP contribution is 2.41. The predicted octanol–water partition coefficient (Wildman–Crippen LogP) is 5.61. The summed E-state index contributed by atoms with van der Waals surface area (Å²) in [5.74, 6) is 0.776. The standard InChI is InChI=1S/C31H26N2O2S2/c1-3-18-35-23-13-8-20(9-14-23)19-27-30(34)33-29(22-10-15-24(36-2)16-11-22)26-17-12-21-6-4-5-7-25(21)28(26)32-31(33)37-27/h3-11,13-16,19,29H,1,12,17-18H2,2H3. The van der Waals surface area contributed by atoms with Crippen LogP contribution in [0.25, 0.3) is 11.8 Å². The molecule has 2 aliphatic rings. The summed E-state index contributed by atoms with van der Waals surface area (Å²) < 4.78 is 8.18. The predicted molar refractivity (Wildman–Crippen MR) is 153 cm³/mol. The third-order valence-corrected chi connectivity index (χ3v) is 8.58. The van der Waals surface area contributed by atoms with Gasteiger partial charge in [-0.05, 0) is 71.7 Å². The fraction of sp³-hybridized carbons (Fsp3) is 0.161. The molecule has 1 aliphatic heterocycles. The number of thiazole rings is 1. The number of hydrogen-bond donors (Lipinski definition) is 0. The van der Waals surface area contributed by atoms with Crippen LogP contribution in [-0.4, -0.2) is 17.4 Å². The Bertz CT molecular complexity index is 1690. The van der Waals surface area contributed by atoms with Crippen LogP contribution >= 0.6 is 23.1 Å². The molecule has 0 N–H and O–H groups in total. The molecule has 0 fully saturated rings. The second-order valence-corrected chi connectivity index (χ2v) is 10.9. The Hall–Kier alpha value is -3.61. The summed E-state index contributed by atoms with van der Waals surface area (Å²) in [5, 5.41) is 0. The number of hydrogen-bond acceptors (Lipinski definition) is 5. The van der Waals surface area contributed by atoms with Crippen molar-refractivity contribution in [2.45, 2.75) is 23.8 Å². The van der Waals surface area contributed by atoms with E-state index in [1.165, 1.54) is 32.9 Å². The number of allylic oxidation sites excluding steroid dienone is 1. The lowest BCUT2D eigenvalue weighted by atomic mass is 9.83. The Kier molecular flexibility index (Phi) is 6.45. The first-order chi connectivity index (χ1) is 18.2. The molecule has 0 spiro atoms. The smallest absolute Gasteiger partial charge is 0.271 e. The van der Waals surface area contributed by atoms with Gasteiger partial charge in [-0.25, -0.2) is 4.99 Å². The van der Waals surface area contributed by atoms with E-state index in [1.807, 2.05) is 34.9 Å². The fourth-order valence-corrected chi connectivity index (χ4v) is 6.48. The number of fused-ring (bicyclic) bond motifs is 3. The van der Waals surface area contributed by atoms with Crippen LogP contribution in [0.15, 0.2) is 106 Å². The summed E-state index contributed by atoms with van der Waals surface area (Å²) in [5.41, 5.74) is 6.82. The Morgan fingerprint density at radius 2 is 1.86 bits per heavy atom. The molecule has 2 heterocycles. The van der Waals surface area contributed by atoms with Crippen molar-refractivity contribution in [1.29, 1.82) is 0 Å². The van der Waals surface area contributed by atoms with Crippen LogP contribution in [0.1, 0.15) is 34.7 Å². The van der Waals surface area contributed by atoms with Crippen molar-refractivity contribution in [2.75, 3.05) is 12.9 Å². The molecule has 0 radical (unpaired) electrons. The molecule has 37 heavy (non-hydrogen) atoms. The zero-order chi connectivity index (χ0) is 25.4. The summed E-state index contributed by atoms with van der Waals surface area (Å²) in [7, 11) is 0. The van der Waals surface area contributed by atoms with Crippen LogP contribution in [0.5, 0.6) is 5.75 Å². The van der Waals surface area contributed by atoms with E-state index < -0.39 is 0 Å². The molecule has 6 heteroatoms. The molecule has 1 unspecified atom stereocenters. The molecule has 4 nitrogen and oxygen atoms in total. The van der Waals surface area contributed by atoms with E-state index in [1.54, 1.807) is 17.8 Å². The highest BCUT2D eigenvalue weighted by molar-refractivity contribution is 7.98. The zero-order valence-electron chi connectivity index (χ0n) is 20.5. The third kappa shape index (κ3) is 4.41. The summed E-state index contributed by atoms with van der Waals surface area (Å²) in [6.07, 6.45) is 7.59. The Balaban J connectivity index is 1.51. The molecule has 4 aromatic rings. The van der Waals surface area contributed by atoms with Gasteiger partial charge in [-0.15, -0.1) is 11.8 Å². The number of benzene rings is 3. The maximum Gasteiger partial charge on any atom is 0.271 e. The normalized spacial score (nSPS) is 16.5. The minimum absolute atomic E-state index is 0.0000792. The summed E-state index contributed by atoms with van der Waals surface area (Å²) in [4.78, 5) is 20.9. The van der Waals surface area contributed by atoms with Crippen LogP contribution in [0.4, 0.5) is 0 Å². The van der Waals surface area contributed by atoms with E-state index in [4.69, 9.17) is 9.73 Å². The van der Waals surface area contributed by atoms with Gasteiger partial charge >= 0.3 is 0 Å². The molecule has 0 saturated heterocycles. The van der Waals surface area contributed by atoms with Crippen molar-refractivity contribution in [3.05, 3.63) is 133 Å². The van der Waals surface area contributed by atoms with E-state index in [-0.39, 0.29) is 11.6 Å². The minimum Gasteiger partial charge on any atom is -0.490 e. The Morgan fingerprint density at radius 1 is 1.08 bits per heavy atom. The van der Waals surface area contributed by atoms with Crippen molar-refractivity contribution in [2.24, 2.45) is 4.99 Å². The summed E-state index contributed by atoms with van der Waals surface area (Å²) >= 11 is 3.18. The Labute approximate surface area is 224 Å². The van der Waals surface area contributed by atoms with E-state index in [0.29, 0.717) is 11.1 Å². The van der Waals surface area contributed by atoms with Gasteiger partial charge in [0.2, 0.25) is 0 Å². The highest BCUT2D eigenvalue weighted by atomic mass is 32.2. The number of aromatic nitrogens is 1. The fourth-order valence-electron chi connectivity index (χ4n) is 5.08. The number of nitrogens with zero attached hydrogens (tertiary/aromatic N) is 2. The van der Waals surface area contributed by atoms with Gasteiger partial charge in [0.05, 0.1) is 16.3 Å². The Morgan fingerprint density at radius 3 is 2.62 bits per heavy atom. The van der Waals surface area contributed by atoms with Gasteiger partial charge in [-0.1, -0.05) is 72.5 Å². The molecular formula is C31H26N2O2S2. The molecule has 1 atom stereocenters. The maximum absolute atomic E-state index is 13.9. The molecule has 3 aromatic carbocycles. The summed E-state index contributed by atoms with van der Waals surface area (Å²) in [6.45, 7) is 4.15. The minimum atomic E-state index is -0.160. The van der Waals surface area contributed by atoms with Gasteiger partial charge in [0, 0.05) is 10.5 Å². The number of thioether (sulfide) groups is 1. The van der Waals surface area contributed by atoms with Crippen molar-refractivity contribution in [3.63, 3.8) is 0 Å². The molecule has 0 saturated carbocycles. The van der Waals surface area contributed by atoms with Crippen LogP contribution in [0.2, 0.25) is 0 Å². The average molecular weight is 523 g/mol. The SMILES string of the molecule is C=CCOc1ccc(C=c2sc3n(c2=O)C(c2ccc(SC)cc2)C2=C(N=3)c3ccccc3CC2)cc1. The number of ether oxygens (including phenoxy) is 1. The highest BCUT2D eigenvalue weighted by Gasteiger charge is 2.32. The lowest BCUT2D eigenvalue weighted by Crippen LogP contribution is -2.38. The van der Waals surface area contributed by atoms with Crippen LogP contribution in [0.3, 0.4) is 0 Å². The van der Waals surface area contributed by atoms with Crippen molar-refractivity contribution in [1.82, 2.24) is 4.57 Å². The van der Waals surface area contributed by atoms with Gasteiger partial charge in [-0.2, -0.15) is 0 Å². The van der Waals surface area contributed by atoms with E-state index in [9.17, 15) is 4.79 Å². The van der Waals surface area contributed by atoms with Gasteiger partial charge in [-0.3, -0.25) is 9.36 Å². The van der Waals surface area contributed by atoms with Crippen LogP contribution in [-0.2, 0) is 6.42 Å². The lowest BCUT2D eigenvalue weighted by molar-refractivity contribution is 0.363. The first-order valence-corrected chi connectivity index (χ1v) is 14.3. The van der Waals surface area contributed by atoms with Gasteiger partial charge in [0.25, 0.3) is 5.56 Å². The molecule has 0 bridgehead atoms. The summed E-state index contributed by atoms with van der Waals surface area (Å²) in [6, 6.07) is 24.7.